The van der Waals surface area contributed by atoms with Crippen LogP contribution in [-0.4, -0.2) is 35.8 Å². The van der Waals surface area contributed by atoms with E-state index in [1.54, 1.807) is 7.11 Å². The van der Waals surface area contributed by atoms with Crippen LogP contribution in [0, 0.1) is 0 Å². The monoisotopic (exact) mass is 322 g/mol. The first-order valence-corrected chi connectivity index (χ1v) is 8.97. The highest BCUT2D eigenvalue weighted by atomic mass is 32.2. The lowest BCUT2D eigenvalue weighted by Gasteiger charge is -2.38. The van der Waals surface area contributed by atoms with E-state index >= 15 is 0 Å². The number of rotatable bonds is 5. The Kier molecular flexibility index (Phi) is 4.52. The summed E-state index contributed by atoms with van der Waals surface area (Å²) in [7, 11) is 1.62. The van der Waals surface area contributed by atoms with E-state index in [4.69, 9.17) is 9.47 Å². The molecule has 4 nitrogen and oxygen atoms in total. The average Bonchev–Trinajstić information content (AvgIpc) is 2.47. The van der Waals surface area contributed by atoms with E-state index in [0.717, 1.165) is 30.6 Å². The van der Waals surface area contributed by atoms with Gasteiger partial charge in [-0.15, -0.1) is 0 Å². The number of ether oxygens (including phenoxy) is 2. The van der Waals surface area contributed by atoms with Crippen molar-refractivity contribution in [1.29, 1.82) is 0 Å². The zero-order valence-electron chi connectivity index (χ0n) is 12.8. The molecule has 5 heteroatoms. The zero-order chi connectivity index (χ0) is 15.6. The molecule has 1 unspecified atom stereocenters. The van der Waals surface area contributed by atoms with Gasteiger partial charge in [-0.25, -0.2) is 0 Å². The van der Waals surface area contributed by atoms with E-state index in [1.165, 1.54) is 5.75 Å². The number of carbonyl (C=O) groups is 1. The molecule has 0 amide bonds. The Labute approximate surface area is 135 Å². The normalized spacial score (nSPS) is 23.4. The maximum Gasteiger partial charge on any atom is 0.314 e. The molecule has 1 aromatic carbocycles. The van der Waals surface area contributed by atoms with Crippen LogP contribution >= 0.6 is 11.8 Å². The number of carboxylic acid groups (broad SMARTS) is 1. The minimum atomic E-state index is -0.733. The lowest BCUT2D eigenvalue weighted by molar-refractivity contribution is -0.147. The summed E-state index contributed by atoms with van der Waals surface area (Å²) in [4.78, 5) is 11.7. The Morgan fingerprint density at radius 1 is 1.32 bits per heavy atom. The molecule has 1 saturated carbocycles. The molecule has 2 aliphatic rings. The van der Waals surface area contributed by atoms with Gasteiger partial charge in [-0.05, 0) is 49.1 Å². The SMILES string of the molecule is COc1ccc(C2(C(=O)O)CCC2)cc1OC1CCCSC1. The number of benzene rings is 1. The highest BCUT2D eigenvalue weighted by Crippen LogP contribution is 2.46. The van der Waals surface area contributed by atoms with E-state index in [1.807, 2.05) is 30.0 Å². The highest BCUT2D eigenvalue weighted by Gasteiger charge is 2.46. The third-order valence-corrected chi connectivity index (χ3v) is 5.93. The van der Waals surface area contributed by atoms with Gasteiger partial charge < -0.3 is 14.6 Å². The maximum absolute atomic E-state index is 11.7. The number of carboxylic acids is 1. The lowest BCUT2D eigenvalue weighted by atomic mass is 9.64. The molecule has 0 spiro atoms. The number of aliphatic carboxylic acids is 1. The fourth-order valence-electron chi connectivity index (χ4n) is 3.21. The van der Waals surface area contributed by atoms with Crippen molar-refractivity contribution in [3.05, 3.63) is 23.8 Å². The molecule has 1 aliphatic heterocycles. The van der Waals surface area contributed by atoms with Gasteiger partial charge in [-0.3, -0.25) is 4.79 Å². The second-order valence-corrected chi connectivity index (χ2v) is 7.21. The Balaban J connectivity index is 1.87. The fourth-order valence-corrected chi connectivity index (χ4v) is 4.24. The van der Waals surface area contributed by atoms with Gasteiger partial charge >= 0.3 is 5.97 Å². The van der Waals surface area contributed by atoms with Crippen LogP contribution in [0.15, 0.2) is 18.2 Å². The van der Waals surface area contributed by atoms with Crippen molar-refractivity contribution in [3.63, 3.8) is 0 Å². The van der Waals surface area contributed by atoms with Gasteiger partial charge in [0.1, 0.15) is 6.10 Å². The van der Waals surface area contributed by atoms with E-state index in [-0.39, 0.29) is 6.10 Å². The molecule has 0 radical (unpaired) electrons. The number of methoxy groups -OCH3 is 1. The van der Waals surface area contributed by atoms with Crippen LogP contribution in [0.2, 0.25) is 0 Å². The number of hydrogen-bond donors (Lipinski definition) is 1. The van der Waals surface area contributed by atoms with E-state index < -0.39 is 11.4 Å². The molecule has 0 bridgehead atoms. The van der Waals surface area contributed by atoms with Crippen LogP contribution in [0.25, 0.3) is 0 Å². The fraction of sp³-hybridized carbons (Fsp3) is 0.588. The van der Waals surface area contributed by atoms with Crippen LogP contribution in [0.5, 0.6) is 11.5 Å². The van der Waals surface area contributed by atoms with E-state index in [9.17, 15) is 9.90 Å². The minimum Gasteiger partial charge on any atom is -0.493 e. The summed E-state index contributed by atoms with van der Waals surface area (Å²) in [6, 6.07) is 5.59. The van der Waals surface area contributed by atoms with Crippen molar-refractivity contribution in [1.82, 2.24) is 0 Å². The van der Waals surface area contributed by atoms with Crippen LogP contribution in [0.3, 0.4) is 0 Å². The molecule has 1 N–H and O–H groups in total. The third kappa shape index (κ3) is 2.78. The van der Waals surface area contributed by atoms with Crippen LogP contribution in [-0.2, 0) is 10.2 Å². The molecule has 1 aliphatic carbocycles. The second kappa shape index (κ2) is 6.41. The summed E-state index contributed by atoms with van der Waals surface area (Å²) < 4.78 is 11.5. The topological polar surface area (TPSA) is 55.8 Å². The quantitative estimate of drug-likeness (QED) is 0.899. The Hall–Kier alpha value is -1.36. The third-order valence-electron chi connectivity index (χ3n) is 4.74. The van der Waals surface area contributed by atoms with Gasteiger partial charge in [0.25, 0.3) is 0 Å². The van der Waals surface area contributed by atoms with E-state index in [0.29, 0.717) is 24.3 Å². The predicted molar refractivity (Wildman–Crippen MR) is 87.1 cm³/mol. The van der Waals surface area contributed by atoms with Crippen molar-refractivity contribution in [2.75, 3.05) is 18.6 Å². The summed E-state index contributed by atoms with van der Waals surface area (Å²) in [5.41, 5.74) is 0.108. The van der Waals surface area contributed by atoms with Crippen LogP contribution < -0.4 is 9.47 Å². The zero-order valence-corrected chi connectivity index (χ0v) is 13.7. The molecular formula is C17H22O4S. The maximum atomic E-state index is 11.7. The number of hydrogen-bond acceptors (Lipinski definition) is 4. The van der Waals surface area contributed by atoms with Crippen molar-refractivity contribution in [3.8, 4) is 11.5 Å². The van der Waals surface area contributed by atoms with Crippen LogP contribution in [0.1, 0.15) is 37.7 Å². The summed E-state index contributed by atoms with van der Waals surface area (Å²) in [6.07, 6.45) is 4.76. The van der Waals surface area contributed by atoms with Crippen molar-refractivity contribution < 1.29 is 19.4 Å². The predicted octanol–water partition coefficient (Wildman–Crippen LogP) is 3.48. The molecule has 2 fully saturated rings. The molecule has 1 aromatic rings. The van der Waals surface area contributed by atoms with Crippen molar-refractivity contribution >= 4 is 17.7 Å². The molecule has 120 valence electrons. The van der Waals surface area contributed by atoms with Gasteiger partial charge in [0, 0.05) is 5.75 Å². The Morgan fingerprint density at radius 3 is 2.68 bits per heavy atom. The van der Waals surface area contributed by atoms with Gasteiger partial charge in [0.2, 0.25) is 0 Å². The molecule has 1 saturated heterocycles. The minimum absolute atomic E-state index is 0.185. The standard InChI is InChI=1S/C17H22O4S/c1-20-14-6-5-12(17(16(18)19)7-3-8-17)10-15(14)21-13-4-2-9-22-11-13/h5-6,10,13H,2-4,7-9,11H2,1H3,(H,18,19). The second-order valence-electron chi connectivity index (χ2n) is 6.06. The lowest BCUT2D eigenvalue weighted by Crippen LogP contribution is -2.42. The van der Waals surface area contributed by atoms with Crippen molar-refractivity contribution in [2.24, 2.45) is 0 Å². The first-order valence-electron chi connectivity index (χ1n) is 7.82. The highest BCUT2D eigenvalue weighted by molar-refractivity contribution is 7.99. The summed E-state index contributed by atoms with van der Waals surface area (Å²) in [5.74, 6) is 2.80. The molecule has 1 atom stereocenters. The largest absolute Gasteiger partial charge is 0.493 e. The van der Waals surface area contributed by atoms with Gasteiger partial charge in [0.15, 0.2) is 11.5 Å². The molecular weight excluding hydrogens is 300 g/mol. The Bertz CT molecular complexity index is 548. The first-order chi connectivity index (χ1) is 10.7. The molecule has 0 aromatic heterocycles. The number of thioether (sulfide) groups is 1. The smallest absolute Gasteiger partial charge is 0.314 e. The van der Waals surface area contributed by atoms with Crippen molar-refractivity contribution in [2.45, 2.75) is 43.6 Å². The first kappa shape index (κ1) is 15.5. The van der Waals surface area contributed by atoms with Gasteiger partial charge in [0.05, 0.1) is 12.5 Å². The Morgan fingerprint density at radius 2 is 2.14 bits per heavy atom. The van der Waals surface area contributed by atoms with Gasteiger partial charge in [-0.2, -0.15) is 11.8 Å². The van der Waals surface area contributed by atoms with E-state index in [2.05, 4.69) is 0 Å². The molecule has 3 rings (SSSR count). The molecule has 22 heavy (non-hydrogen) atoms. The average molecular weight is 322 g/mol. The van der Waals surface area contributed by atoms with Gasteiger partial charge in [-0.1, -0.05) is 12.5 Å². The molecule has 1 heterocycles. The summed E-state index contributed by atoms with van der Waals surface area (Å²) in [6.45, 7) is 0. The summed E-state index contributed by atoms with van der Waals surface area (Å²) >= 11 is 1.91. The summed E-state index contributed by atoms with van der Waals surface area (Å²) in [5, 5.41) is 9.60. The van der Waals surface area contributed by atoms with Crippen LogP contribution in [0.4, 0.5) is 0 Å².